The van der Waals surface area contributed by atoms with Crippen molar-refractivity contribution in [1.29, 1.82) is 0 Å². The van der Waals surface area contributed by atoms with Gasteiger partial charge in [0, 0.05) is 13.6 Å². The minimum atomic E-state index is -0.155. The van der Waals surface area contributed by atoms with E-state index < -0.39 is 0 Å². The molecule has 0 aliphatic rings. The molecule has 0 atom stereocenters. The zero-order valence-corrected chi connectivity index (χ0v) is 5.29. The Balaban J connectivity index is 4.32. The average Bonchev–Trinajstić information content (AvgIpc) is 1.82. The first-order valence-corrected chi connectivity index (χ1v) is 2.39. The highest BCUT2D eigenvalue weighted by atomic mass is 16.1. The van der Waals surface area contributed by atoms with Crippen LogP contribution in [0.3, 0.4) is 0 Å². The van der Waals surface area contributed by atoms with E-state index in [0.29, 0.717) is 0 Å². The van der Waals surface area contributed by atoms with Crippen LogP contribution < -0.4 is 0 Å². The molecule has 48 valence electrons. The van der Waals surface area contributed by atoms with Gasteiger partial charge in [-0.1, -0.05) is 6.58 Å². The summed E-state index contributed by atoms with van der Waals surface area (Å²) in [5.41, 5.74) is 0.241. The van der Waals surface area contributed by atoms with Gasteiger partial charge in [-0.15, -0.1) is 5.10 Å². The molecule has 0 spiro atoms. The normalized spacial score (nSPS) is 10.6. The maximum atomic E-state index is 10.5. The molecular weight excluding hydrogens is 116 g/mol. The van der Waals surface area contributed by atoms with Crippen LogP contribution in [-0.4, -0.2) is 18.2 Å². The molecule has 0 bridgehead atoms. The van der Waals surface area contributed by atoms with Crippen molar-refractivity contribution < 1.29 is 4.79 Å². The van der Waals surface area contributed by atoms with Gasteiger partial charge < -0.3 is 0 Å². The second kappa shape index (κ2) is 3.72. The summed E-state index contributed by atoms with van der Waals surface area (Å²) < 4.78 is 0. The first-order valence-electron chi connectivity index (χ1n) is 2.39. The van der Waals surface area contributed by atoms with Gasteiger partial charge in [-0.2, -0.15) is 5.10 Å². The molecule has 0 N–H and O–H groups in total. The van der Waals surface area contributed by atoms with Crippen molar-refractivity contribution >= 4 is 18.2 Å². The van der Waals surface area contributed by atoms with E-state index in [1.807, 2.05) is 0 Å². The van der Waals surface area contributed by atoms with Crippen molar-refractivity contribution in [1.82, 2.24) is 0 Å². The summed E-state index contributed by atoms with van der Waals surface area (Å²) in [5, 5.41) is 6.58. The molecule has 3 heteroatoms. The Kier molecular flexibility index (Phi) is 3.20. The maximum Gasteiger partial charge on any atom is 0.179 e. The van der Waals surface area contributed by atoms with Crippen molar-refractivity contribution in [3.05, 3.63) is 12.7 Å². The molecule has 0 amide bonds. The third-order valence-corrected chi connectivity index (χ3v) is 0.733. The van der Waals surface area contributed by atoms with Gasteiger partial charge in [0.1, 0.15) is 5.71 Å². The van der Waals surface area contributed by atoms with Crippen LogP contribution in [0.25, 0.3) is 0 Å². The zero-order chi connectivity index (χ0) is 7.28. The van der Waals surface area contributed by atoms with Crippen LogP contribution in [-0.2, 0) is 4.79 Å². The fourth-order valence-corrected chi connectivity index (χ4v) is 0.331. The second-order valence-corrected chi connectivity index (χ2v) is 1.39. The van der Waals surface area contributed by atoms with Crippen molar-refractivity contribution in [2.75, 3.05) is 0 Å². The number of carbonyl (C=O) groups is 1. The molecule has 0 aromatic heterocycles. The number of hydrogen-bond acceptors (Lipinski definition) is 3. The first-order chi connectivity index (χ1) is 4.22. The predicted molar refractivity (Wildman–Crippen MR) is 37.9 cm³/mol. The van der Waals surface area contributed by atoms with Crippen LogP contribution >= 0.6 is 0 Å². The highest BCUT2D eigenvalue weighted by Crippen LogP contribution is 1.82. The average molecular weight is 124 g/mol. The van der Waals surface area contributed by atoms with Crippen LogP contribution in [0.2, 0.25) is 0 Å². The number of hydrogen-bond donors (Lipinski definition) is 0. The van der Waals surface area contributed by atoms with Gasteiger partial charge in [-0.05, 0) is 6.08 Å². The summed E-state index contributed by atoms with van der Waals surface area (Å²) in [6.07, 6.45) is 1.34. The molecule has 0 fully saturated rings. The Hall–Kier alpha value is -1.25. The highest BCUT2D eigenvalue weighted by Gasteiger charge is 1.97. The molecule has 0 radical (unpaired) electrons. The Bertz CT molecular complexity index is 170. The predicted octanol–water partition coefficient (Wildman–Crippen LogP) is 0.818. The molecule has 0 rings (SSSR count). The number of allylic oxidation sites excluding steroid dienone is 1. The maximum absolute atomic E-state index is 10.5. The number of carbonyl (C=O) groups excluding carboxylic acids is 1. The second-order valence-electron chi connectivity index (χ2n) is 1.39. The largest absolute Gasteiger partial charge is 0.293 e. The van der Waals surface area contributed by atoms with Crippen molar-refractivity contribution in [3.63, 3.8) is 0 Å². The lowest BCUT2D eigenvalue weighted by atomic mass is 10.3. The van der Waals surface area contributed by atoms with Gasteiger partial charge in [0.05, 0.1) is 0 Å². The fourth-order valence-electron chi connectivity index (χ4n) is 0.331. The molecule has 0 unspecified atom stereocenters. The number of ketones is 1. The van der Waals surface area contributed by atoms with Crippen LogP contribution in [0, 0.1) is 0 Å². The van der Waals surface area contributed by atoms with E-state index in [2.05, 4.69) is 23.5 Å². The third-order valence-electron chi connectivity index (χ3n) is 0.733. The van der Waals surface area contributed by atoms with Crippen LogP contribution in [0.5, 0.6) is 0 Å². The van der Waals surface area contributed by atoms with E-state index in [0.717, 1.165) is 0 Å². The topological polar surface area (TPSA) is 41.8 Å². The summed E-state index contributed by atoms with van der Waals surface area (Å²) >= 11 is 0. The standard InChI is InChI=1S/C6H8N2O/c1-4-6(5(2)9)8-7-3/h4H,1,3H2,2H3/b8-6+. The van der Waals surface area contributed by atoms with Gasteiger partial charge in [-0.3, -0.25) is 4.79 Å². The van der Waals surface area contributed by atoms with Crippen molar-refractivity contribution in [3.8, 4) is 0 Å². The summed E-state index contributed by atoms with van der Waals surface area (Å²) in [5.74, 6) is -0.155. The minimum Gasteiger partial charge on any atom is -0.293 e. The van der Waals surface area contributed by atoms with Gasteiger partial charge in [0.15, 0.2) is 5.78 Å². The van der Waals surface area contributed by atoms with Crippen LogP contribution in [0.15, 0.2) is 22.9 Å². The minimum absolute atomic E-state index is 0.155. The molecule has 0 aliphatic heterocycles. The van der Waals surface area contributed by atoms with Gasteiger partial charge in [0.2, 0.25) is 0 Å². The van der Waals surface area contributed by atoms with Crippen LogP contribution in [0.1, 0.15) is 6.92 Å². The number of nitrogens with zero attached hydrogens (tertiary/aromatic N) is 2. The molecular formula is C6H8N2O. The molecule has 0 aliphatic carbocycles. The van der Waals surface area contributed by atoms with Gasteiger partial charge >= 0.3 is 0 Å². The Morgan fingerprint density at radius 1 is 1.67 bits per heavy atom. The van der Waals surface area contributed by atoms with Crippen LogP contribution in [0.4, 0.5) is 0 Å². The first kappa shape index (κ1) is 7.75. The summed E-state index contributed by atoms with van der Waals surface area (Å²) in [6.45, 7) is 7.85. The molecule has 3 nitrogen and oxygen atoms in total. The summed E-state index contributed by atoms with van der Waals surface area (Å²) in [4.78, 5) is 10.5. The summed E-state index contributed by atoms with van der Waals surface area (Å²) in [7, 11) is 0. The Morgan fingerprint density at radius 3 is 2.33 bits per heavy atom. The van der Waals surface area contributed by atoms with E-state index in [1.165, 1.54) is 13.0 Å². The van der Waals surface area contributed by atoms with E-state index in [4.69, 9.17) is 0 Å². The molecule has 0 heterocycles. The highest BCUT2D eigenvalue weighted by molar-refractivity contribution is 6.43. The molecule has 0 saturated heterocycles. The SMILES string of the molecule is C=C/C(=N\N=C)C(C)=O. The Labute approximate surface area is 53.8 Å². The third kappa shape index (κ3) is 2.54. The van der Waals surface area contributed by atoms with Gasteiger partial charge in [-0.25, -0.2) is 0 Å². The monoisotopic (exact) mass is 124 g/mol. The number of rotatable bonds is 3. The molecule has 0 aromatic rings. The van der Waals surface area contributed by atoms with E-state index >= 15 is 0 Å². The molecule has 0 aromatic carbocycles. The summed E-state index contributed by atoms with van der Waals surface area (Å²) in [6, 6.07) is 0. The lowest BCUT2D eigenvalue weighted by Crippen LogP contribution is -2.04. The zero-order valence-electron chi connectivity index (χ0n) is 5.29. The lowest BCUT2D eigenvalue weighted by molar-refractivity contribution is -0.111. The van der Waals surface area contributed by atoms with Crippen molar-refractivity contribution in [2.45, 2.75) is 6.92 Å². The number of Topliss-reactive ketones (excluding diaryl/α,β-unsaturated/α-hetero) is 1. The molecule has 0 saturated carbocycles. The quantitative estimate of drug-likeness (QED) is 0.405. The van der Waals surface area contributed by atoms with E-state index in [-0.39, 0.29) is 11.5 Å². The van der Waals surface area contributed by atoms with E-state index in [9.17, 15) is 4.79 Å². The fraction of sp³-hybridized carbons (Fsp3) is 0.167. The molecule has 9 heavy (non-hydrogen) atoms. The lowest BCUT2D eigenvalue weighted by Gasteiger charge is -1.86. The smallest absolute Gasteiger partial charge is 0.179 e. The van der Waals surface area contributed by atoms with E-state index in [1.54, 1.807) is 0 Å². The van der Waals surface area contributed by atoms with Crippen molar-refractivity contribution in [2.24, 2.45) is 10.2 Å². The van der Waals surface area contributed by atoms with Gasteiger partial charge in [0.25, 0.3) is 0 Å². The Morgan fingerprint density at radius 2 is 2.22 bits per heavy atom.